The number of benzene rings is 9. The Balaban J connectivity index is 0.840. The highest BCUT2D eigenvalue weighted by atomic mass is 16.5. The second kappa shape index (κ2) is 23.5. The van der Waals surface area contributed by atoms with Crippen molar-refractivity contribution in [3.05, 3.63) is 290 Å². The fourth-order valence-corrected chi connectivity index (χ4v) is 13.3. The van der Waals surface area contributed by atoms with Gasteiger partial charge in [-0.1, -0.05) is 239 Å². The van der Waals surface area contributed by atoms with Crippen LogP contribution < -0.4 is 9.64 Å². The van der Waals surface area contributed by atoms with E-state index in [0.717, 1.165) is 79.1 Å². The van der Waals surface area contributed by atoms with Crippen molar-refractivity contribution in [1.82, 2.24) is 4.57 Å². The monoisotopic (exact) mass is 1060 g/mol. The zero-order valence-corrected chi connectivity index (χ0v) is 46.9. The lowest BCUT2D eigenvalue weighted by atomic mass is 9.66. The molecule has 0 saturated carbocycles. The Morgan fingerprint density at radius 3 is 1.68 bits per heavy atom. The van der Waals surface area contributed by atoms with E-state index < -0.39 is 0 Å². The van der Waals surface area contributed by atoms with E-state index in [2.05, 4.69) is 259 Å². The summed E-state index contributed by atoms with van der Waals surface area (Å²) in [6, 6.07) is 77.1. The molecular formula is C79H70N2O. The fraction of sp³-hybridized carbons (Fsp3) is 0.165. The second-order valence-corrected chi connectivity index (χ2v) is 22.4. The van der Waals surface area contributed by atoms with Gasteiger partial charge in [0.2, 0.25) is 0 Å². The summed E-state index contributed by atoms with van der Waals surface area (Å²) in [5.74, 6) is 0.933. The molecule has 0 aliphatic heterocycles. The maximum absolute atomic E-state index is 6.08. The normalized spacial score (nSPS) is 16.0. The van der Waals surface area contributed by atoms with Crippen LogP contribution in [-0.2, 0) is 5.41 Å². The number of aromatic nitrogens is 1. The number of nitrogens with zero attached hydrogens (tertiary/aromatic N) is 2. The Labute approximate surface area is 484 Å². The maximum Gasteiger partial charge on any atom is 0.119 e. The van der Waals surface area contributed by atoms with Gasteiger partial charge in [0.15, 0.2) is 0 Å². The summed E-state index contributed by atoms with van der Waals surface area (Å²) in [6.07, 6.45) is 31.1. The van der Waals surface area contributed by atoms with Gasteiger partial charge in [0, 0.05) is 44.3 Å². The summed E-state index contributed by atoms with van der Waals surface area (Å²) >= 11 is 0. The van der Waals surface area contributed by atoms with E-state index in [-0.39, 0.29) is 11.5 Å². The molecule has 9 aromatic carbocycles. The van der Waals surface area contributed by atoms with Crippen LogP contribution in [0.4, 0.5) is 17.1 Å². The minimum atomic E-state index is -0.225. The topological polar surface area (TPSA) is 17.4 Å². The molecular weight excluding hydrogens is 993 g/mol. The van der Waals surface area contributed by atoms with Gasteiger partial charge in [-0.2, -0.15) is 0 Å². The molecule has 0 bridgehead atoms. The van der Waals surface area contributed by atoms with E-state index in [0.29, 0.717) is 0 Å². The average Bonchev–Trinajstić information content (AvgIpc) is 2.71. The third-order valence-electron chi connectivity index (χ3n) is 17.6. The van der Waals surface area contributed by atoms with Crippen LogP contribution in [0.3, 0.4) is 0 Å². The van der Waals surface area contributed by atoms with Crippen LogP contribution in [0.5, 0.6) is 5.75 Å². The van der Waals surface area contributed by atoms with E-state index >= 15 is 0 Å². The highest BCUT2D eigenvalue weighted by Gasteiger charge is 2.45. The van der Waals surface area contributed by atoms with Crippen molar-refractivity contribution in [1.29, 1.82) is 0 Å². The van der Waals surface area contributed by atoms with E-state index in [9.17, 15) is 0 Å². The lowest BCUT2D eigenvalue weighted by molar-refractivity contribution is 0.304. The summed E-state index contributed by atoms with van der Waals surface area (Å²) in [6.45, 7) is 8.61. The number of anilines is 3. The molecule has 0 amide bonds. The lowest BCUT2D eigenvalue weighted by Gasteiger charge is -2.37. The first-order valence-corrected chi connectivity index (χ1v) is 29.7. The number of hydrogen-bond donors (Lipinski definition) is 0. The van der Waals surface area contributed by atoms with E-state index in [1.807, 2.05) is 24.3 Å². The van der Waals surface area contributed by atoms with E-state index in [4.69, 9.17) is 4.74 Å². The van der Waals surface area contributed by atoms with Gasteiger partial charge in [-0.25, -0.2) is 0 Å². The number of fused-ring (bicyclic) bond motifs is 6. The van der Waals surface area contributed by atoms with Gasteiger partial charge in [0.1, 0.15) is 5.75 Å². The van der Waals surface area contributed by atoms with Crippen molar-refractivity contribution in [3.63, 3.8) is 0 Å². The number of unbranched alkanes of at least 4 members (excludes halogenated alkanes) is 5. The summed E-state index contributed by atoms with van der Waals surface area (Å²) in [5.41, 5.74) is 22.3. The standard InChI is InChI=1S/C79H70N2O/c1-3-57-30-34-61(35-31-57)63-40-50-77-73(54-63)74-55-64(41-51-78(74)81(77)66-26-16-11-17-27-66)62-38-44-68(45-39-62)80(67-42-36-60(37-43-67)59-22-12-9-13-23-59)69-46-49-72-71-28-18-19-29-75(71)79(76(72)56-69,65-24-14-10-15-25-65)52-20-7-5-6-8-21-53-82-70-47-32-58(4-2)33-48-70/h3-4,9-14,16-19,22-24,26,28-51,54-56,66H,1-2,5-8,15,20-21,25,27,52-53H2. The van der Waals surface area contributed by atoms with Crippen LogP contribution in [0.2, 0.25) is 0 Å². The molecule has 3 nitrogen and oxygen atoms in total. The maximum atomic E-state index is 6.08. The fourth-order valence-electron chi connectivity index (χ4n) is 13.3. The SMILES string of the molecule is C=Cc1ccc(OCCCCCCCCC2(C3=CC=CCC3)c3ccccc3-c3ccc(N(c4ccc(-c5ccccc5)cc4)c4ccc(-c5ccc6c(c5)c5cc(-c7ccc(C=C)cc7)ccc5n6C5C=CC=CC5)cc4)cc32)cc1. The van der Waals surface area contributed by atoms with Crippen molar-refractivity contribution in [2.75, 3.05) is 11.5 Å². The molecule has 0 N–H and O–H groups in total. The van der Waals surface area contributed by atoms with E-state index in [1.54, 1.807) is 0 Å². The minimum absolute atomic E-state index is 0.225. The lowest BCUT2D eigenvalue weighted by Crippen LogP contribution is -2.29. The first-order chi connectivity index (χ1) is 40.6. The molecule has 2 unspecified atom stereocenters. The van der Waals surface area contributed by atoms with Gasteiger partial charge in [-0.15, -0.1) is 0 Å². The summed E-state index contributed by atoms with van der Waals surface area (Å²) < 4.78 is 8.62. The highest BCUT2D eigenvalue weighted by Crippen LogP contribution is 2.58. The van der Waals surface area contributed by atoms with Gasteiger partial charge in [0.25, 0.3) is 0 Å². The third kappa shape index (κ3) is 10.2. The molecule has 1 heterocycles. The van der Waals surface area contributed by atoms with Crippen LogP contribution in [-0.4, -0.2) is 11.2 Å². The van der Waals surface area contributed by atoms with Crippen LogP contribution >= 0.6 is 0 Å². The number of hydrogen-bond acceptors (Lipinski definition) is 2. The van der Waals surface area contributed by atoms with Gasteiger partial charge in [-0.05, 0) is 172 Å². The van der Waals surface area contributed by atoms with Gasteiger partial charge in [0.05, 0.1) is 12.6 Å². The molecule has 13 rings (SSSR count). The molecule has 0 fully saturated rings. The van der Waals surface area contributed by atoms with Crippen molar-refractivity contribution < 1.29 is 4.74 Å². The Morgan fingerprint density at radius 1 is 0.488 bits per heavy atom. The van der Waals surface area contributed by atoms with Crippen molar-refractivity contribution in [3.8, 4) is 50.3 Å². The summed E-state index contributed by atoms with van der Waals surface area (Å²) in [7, 11) is 0. The minimum Gasteiger partial charge on any atom is -0.494 e. The second-order valence-electron chi connectivity index (χ2n) is 22.4. The van der Waals surface area contributed by atoms with Crippen molar-refractivity contribution >= 4 is 51.0 Å². The Hall–Kier alpha value is -9.18. The molecule has 402 valence electrons. The molecule has 0 radical (unpaired) electrons. The van der Waals surface area contributed by atoms with Crippen molar-refractivity contribution in [2.45, 2.75) is 75.7 Å². The predicted octanol–water partition coefficient (Wildman–Crippen LogP) is 22.0. The molecule has 0 spiro atoms. The molecule has 3 aliphatic carbocycles. The van der Waals surface area contributed by atoms with Gasteiger partial charge >= 0.3 is 0 Å². The Bertz CT molecular complexity index is 4060. The molecule has 1 aromatic heterocycles. The number of ether oxygens (including phenoxy) is 1. The Kier molecular flexibility index (Phi) is 15.0. The van der Waals surface area contributed by atoms with Crippen LogP contribution in [0.15, 0.2) is 268 Å². The molecule has 2 atom stereocenters. The third-order valence-corrected chi connectivity index (χ3v) is 17.6. The molecule has 10 aromatic rings. The highest BCUT2D eigenvalue weighted by molar-refractivity contribution is 6.11. The van der Waals surface area contributed by atoms with Gasteiger partial charge < -0.3 is 14.2 Å². The molecule has 3 heteroatoms. The first kappa shape index (κ1) is 52.2. The molecule has 3 aliphatic rings. The van der Waals surface area contributed by atoms with Crippen molar-refractivity contribution in [2.24, 2.45) is 0 Å². The largest absolute Gasteiger partial charge is 0.494 e. The Morgan fingerprint density at radius 2 is 1.05 bits per heavy atom. The summed E-state index contributed by atoms with van der Waals surface area (Å²) in [5, 5.41) is 2.54. The molecule has 82 heavy (non-hydrogen) atoms. The predicted molar refractivity (Wildman–Crippen MR) is 349 cm³/mol. The van der Waals surface area contributed by atoms with E-state index in [1.165, 1.54) is 109 Å². The average molecular weight is 1060 g/mol. The molecule has 0 saturated heterocycles. The van der Waals surface area contributed by atoms with Crippen LogP contribution in [0.1, 0.15) is 92.5 Å². The quantitative estimate of drug-likeness (QED) is 0.0708. The smallest absolute Gasteiger partial charge is 0.119 e. The zero-order valence-electron chi connectivity index (χ0n) is 46.9. The zero-order chi connectivity index (χ0) is 55.2. The number of allylic oxidation sites excluding steroid dienone is 8. The summed E-state index contributed by atoms with van der Waals surface area (Å²) in [4.78, 5) is 2.48. The van der Waals surface area contributed by atoms with Crippen LogP contribution in [0.25, 0.3) is 78.5 Å². The number of rotatable bonds is 20. The van der Waals surface area contributed by atoms with Crippen LogP contribution in [0, 0.1) is 0 Å². The van der Waals surface area contributed by atoms with Gasteiger partial charge in [-0.3, -0.25) is 0 Å². The first-order valence-electron chi connectivity index (χ1n) is 29.7.